The van der Waals surface area contributed by atoms with Gasteiger partial charge in [0.2, 0.25) is 0 Å². The van der Waals surface area contributed by atoms with E-state index in [-0.39, 0.29) is 12.1 Å². The largest absolute Gasteiger partial charge is 0.394 e. The molecule has 0 aromatic heterocycles. The van der Waals surface area contributed by atoms with Gasteiger partial charge in [-0.3, -0.25) is 4.90 Å². The highest BCUT2D eigenvalue weighted by molar-refractivity contribution is 9.10. The molecule has 1 atom stereocenters. The molecule has 4 heteroatoms. The lowest BCUT2D eigenvalue weighted by Gasteiger charge is -2.34. The summed E-state index contributed by atoms with van der Waals surface area (Å²) in [5.41, 5.74) is 0.654. The van der Waals surface area contributed by atoms with Gasteiger partial charge in [0.1, 0.15) is 0 Å². The second-order valence-corrected chi connectivity index (χ2v) is 6.07. The van der Waals surface area contributed by atoms with Crippen LogP contribution in [0.3, 0.4) is 0 Å². The zero-order valence-electron chi connectivity index (χ0n) is 11.2. The Morgan fingerprint density at radius 1 is 1.33 bits per heavy atom. The predicted octanol–water partition coefficient (Wildman–Crippen LogP) is 2.58. The normalized spacial score (nSPS) is 13.9. The summed E-state index contributed by atoms with van der Waals surface area (Å²) in [5.74, 6) is 0. The van der Waals surface area contributed by atoms with Crippen molar-refractivity contribution in [3.63, 3.8) is 0 Å². The molecule has 0 aliphatic heterocycles. The van der Waals surface area contributed by atoms with Crippen molar-refractivity contribution in [2.24, 2.45) is 0 Å². The van der Waals surface area contributed by atoms with Crippen molar-refractivity contribution in [3.05, 3.63) is 34.3 Å². The minimum atomic E-state index is -0.488. The first-order chi connectivity index (χ1) is 8.38. The summed E-state index contributed by atoms with van der Waals surface area (Å²) in [6.07, 6.45) is 0.153. The van der Waals surface area contributed by atoms with Crippen molar-refractivity contribution in [2.75, 3.05) is 20.2 Å². The second kappa shape index (κ2) is 6.66. The molecule has 0 radical (unpaired) electrons. The minimum absolute atomic E-state index is 0.106. The van der Waals surface area contributed by atoms with E-state index in [0.29, 0.717) is 6.42 Å². The number of hydrogen-bond acceptors (Lipinski definition) is 3. The van der Waals surface area contributed by atoms with Crippen molar-refractivity contribution >= 4 is 15.9 Å². The standard InChI is InChI=1S/C14H22BrNO2/c1-14(2,10-17)16(3)9-8-13(18)11-6-4-5-7-12(11)15/h4-7,13,17-18H,8-10H2,1-3H3. The van der Waals surface area contributed by atoms with E-state index in [9.17, 15) is 10.2 Å². The summed E-state index contributed by atoms with van der Waals surface area (Å²) < 4.78 is 0.932. The van der Waals surface area contributed by atoms with Gasteiger partial charge in [-0.15, -0.1) is 0 Å². The van der Waals surface area contributed by atoms with E-state index in [1.807, 2.05) is 45.2 Å². The molecule has 0 bridgehead atoms. The number of rotatable bonds is 6. The van der Waals surface area contributed by atoms with E-state index in [1.165, 1.54) is 0 Å². The van der Waals surface area contributed by atoms with Gasteiger partial charge in [0.15, 0.2) is 0 Å². The molecule has 0 aliphatic carbocycles. The fraction of sp³-hybridized carbons (Fsp3) is 0.571. The summed E-state index contributed by atoms with van der Waals surface area (Å²) in [5, 5.41) is 19.4. The summed E-state index contributed by atoms with van der Waals surface area (Å²) in [6, 6.07) is 7.71. The lowest BCUT2D eigenvalue weighted by Crippen LogP contribution is -2.44. The molecule has 1 rings (SSSR count). The van der Waals surface area contributed by atoms with E-state index >= 15 is 0 Å². The molecule has 18 heavy (non-hydrogen) atoms. The molecule has 0 heterocycles. The molecule has 2 N–H and O–H groups in total. The molecule has 1 unspecified atom stereocenters. The third kappa shape index (κ3) is 4.05. The Morgan fingerprint density at radius 2 is 1.94 bits per heavy atom. The quantitative estimate of drug-likeness (QED) is 0.848. The van der Waals surface area contributed by atoms with Crippen molar-refractivity contribution < 1.29 is 10.2 Å². The lowest BCUT2D eigenvalue weighted by molar-refractivity contribution is 0.0618. The Morgan fingerprint density at radius 3 is 2.50 bits per heavy atom. The minimum Gasteiger partial charge on any atom is -0.394 e. The van der Waals surface area contributed by atoms with Gasteiger partial charge in [-0.1, -0.05) is 34.1 Å². The third-order valence-electron chi connectivity index (χ3n) is 3.42. The van der Waals surface area contributed by atoms with Crippen LogP contribution in [-0.4, -0.2) is 40.9 Å². The topological polar surface area (TPSA) is 43.7 Å². The average molecular weight is 316 g/mol. The fourth-order valence-corrected chi connectivity index (χ4v) is 2.19. The van der Waals surface area contributed by atoms with Crippen LogP contribution in [0.5, 0.6) is 0 Å². The van der Waals surface area contributed by atoms with Crippen LogP contribution >= 0.6 is 15.9 Å². The molecule has 3 nitrogen and oxygen atoms in total. The smallest absolute Gasteiger partial charge is 0.0813 e. The predicted molar refractivity (Wildman–Crippen MR) is 77.5 cm³/mol. The molecular formula is C14H22BrNO2. The van der Waals surface area contributed by atoms with Crippen molar-refractivity contribution in [1.29, 1.82) is 0 Å². The van der Waals surface area contributed by atoms with Crippen LogP contribution in [0.25, 0.3) is 0 Å². The van der Waals surface area contributed by atoms with E-state index < -0.39 is 6.10 Å². The number of likely N-dealkylation sites (N-methyl/N-ethyl adjacent to an activating group) is 1. The molecule has 1 aromatic carbocycles. The van der Waals surface area contributed by atoms with Gasteiger partial charge < -0.3 is 10.2 Å². The van der Waals surface area contributed by atoms with E-state index in [4.69, 9.17) is 0 Å². The number of aliphatic hydroxyl groups excluding tert-OH is 2. The van der Waals surface area contributed by atoms with Gasteiger partial charge in [-0.05, 0) is 38.9 Å². The Kier molecular flexibility index (Phi) is 5.79. The first-order valence-electron chi connectivity index (χ1n) is 6.13. The van der Waals surface area contributed by atoms with Crippen LogP contribution in [0.4, 0.5) is 0 Å². The van der Waals surface area contributed by atoms with Crippen LogP contribution in [0, 0.1) is 0 Å². The molecule has 0 amide bonds. The van der Waals surface area contributed by atoms with Gasteiger partial charge >= 0.3 is 0 Å². The van der Waals surface area contributed by atoms with Crippen LogP contribution < -0.4 is 0 Å². The van der Waals surface area contributed by atoms with E-state index in [2.05, 4.69) is 20.8 Å². The van der Waals surface area contributed by atoms with Crippen LogP contribution in [-0.2, 0) is 0 Å². The average Bonchev–Trinajstić information content (AvgIpc) is 2.36. The Balaban J connectivity index is 2.57. The molecule has 0 aliphatic rings. The summed E-state index contributed by atoms with van der Waals surface area (Å²) in [7, 11) is 1.96. The van der Waals surface area contributed by atoms with Gasteiger partial charge in [-0.2, -0.15) is 0 Å². The highest BCUT2D eigenvalue weighted by atomic mass is 79.9. The number of nitrogens with zero attached hydrogens (tertiary/aromatic N) is 1. The molecule has 102 valence electrons. The maximum Gasteiger partial charge on any atom is 0.0813 e. The maximum atomic E-state index is 10.2. The Hall–Kier alpha value is -0.420. The number of hydrogen-bond donors (Lipinski definition) is 2. The third-order valence-corrected chi connectivity index (χ3v) is 4.14. The number of halogens is 1. The van der Waals surface area contributed by atoms with Crippen molar-refractivity contribution in [2.45, 2.75) is 31.9 Å². The molecule has 0 saturated heterocycles. The van der Waals surface area contributed by atoms with E-state index in [1.54, 1.807) is 0 Å². The lowest BCUT2D eigenvalue weighted by atomic mass is 10.0. The van der Waals surface area contributed by atoms with Crippen LogP contribution in [0.1, 0.15) is 31.9 Å². The zero-order chi connectivity index (χ0) is 13.8. The van der Waals surface area contributed by atoms with Gasteiger partial charge in [0, 0.05) is 16.6 Å². The Bertz CT molecular complexity index is 382. The van der Waals surface area contributed by atoms with Gasteiger partial charge in [-0.25, -0.2) is 0 Å². The number of benzene rings is 1. The second-order valence-electron chi connectivity index (χ2n) is 5.22. The first kappa shape index (κ1) is 15.6. The monoisotopic (exact) mass is 315 g/mol. The maximum absolute atomic E-state index is 10.2. The molecule has 0 spiro atoms. The van der Waals surface area contributed by atoms with Crippen LogP contribution in [0.2, 0.25) is 0 Å². The molecule has 0 fully saturated rings. The SMILES string of the molecule is CN(CCC(O)c1ccccc1Br)C(C)(C)CO. The van der Waals surface area contributed by atoms with Crippen molar-refractivity contribution in [1.82, 2.24) is 4.90 Å². The van der Waals surface area contributed by atoms with Gasteiger partial charge in [0.25, 0.3) is 0 Å². The summed E-state index contributed by atoms with van der Waals surface area (Å²) >= 11 is 3.44. The Labute approximate surface area is 118 Å². The summed E-state index contributed by atoms with van der Waals surface area (Å²) in [6.45, 7) is 4.81. The van der Waals surface area contributed by atoms with Gasteiger partial charge in [0.05, 0.1) is 12.7 Å². The molecular weight excluding hydrogens is 294 g/mol. The van der Waals surface area contributed by atoms with Crippen molar-refractivity contribution in [3.8, 4) is 0 Å². The summed E-state index contributed by atoms with van der Waals surface area (Å²) in [4.78, 5) is 2.06. The van der Waals surface area contributed by atoms with Crippen LogP contribution in [0.15, 0.2) is 28.7 Å². The highest BCUT2D eigenvalue weighted by Gasteiger charge is 2.23. The fourth-order valence-electron chi connectivity index (χ4n) is 1.64. The molecule has 1 aromatic rings. The molecule has 0 saturated carbocycles. The number of aliphatic hydroxyl groups is 2. The zero-order valence-corrected chi connectivity index (χ0v) is 12.8. The highest BCUT2D eigenvalue weighted by Crippen LogP contribution is 2.26. The first-order valence-corrected chi connectivity index (χ1v) is 6.92. The van der Waals surface area contributed by atoms with E-state index in [0.717, 1.165) is 16.6 Å².